The van der Waals surface area contributed by atoms with Crippen molar-refractivity contribution in [1.82, 2.24) is 4.31 Å². The number of anilines is 1. The molecule has 0 bridgehead atoms. The van der Waals surface area contributed by atoms with E-state index in [1.165, 1.54) is 35.7 Å². The van der Waals surface area contributed by atoms with Gasteiger partial charge in [0, 0.05) is 18.7 Å². The van der Waals surface area contributed by atoms with Crippen molar-refractivity contribution in [1.29, 1.82) is 0 Å². The summed E-state index contributed by atoms with van der Waals surface area (Å²) in [6.07, 6.45) is -0.328. The monoisotopic (exact) mass is 418 g/mol. The Kier molecular flexibility index (Phi) is 6.26. The van der Waals surface area contributed by atoms with Crippen LogP contribution in [0.25, 0.3) is 0 Å². The molecule has 1 fully saturated rings. The molecule has 3 rings (SSSR count). The van der Waals surface area contributed by atoms with Gasteiger partial charge in [0.25, 0.3) is 5.91 Å². The second-order valence-electron chi connectivity index (χ2n) is 7.26. The molecule has 7 nitrogen and oxygen atoms in total. The Bertz CT molecular complexity index is 979. The van der Waals surface area contributed by atoms with E-state index in [1.54, 1.807) is 6.07 Å². The first kappa shape index (κ1) is 21.3. The third-order valence-corrected chi connectivity index (χ3v) is 6.59. The van der Waals surface area contributed by atoms with E-state index in [0.717, 1.165) is 5.56 Å². The maximum absolute atomic E-state index is 12.9. The Morgan fingerprint density at radius 2 is 1.72 bits per heavy atom. The molecule has 0 unspecified atom stereocenters. The first-order valence-electron chi connectivity index (χ1n) is 9.42. The number of nitrogens with one attached hydrogen (secondary N) is 1. The average molecular weight is 419 g/mol. The highest BCUT2D eigenvalue weighted by molar-refractivity contribution is 7.89. The Hall–Kier alpha value is -2.42. The van der Waals surface area contributed by atoms with Crippen LogP contribution in [0.4, 0.5) is 5.69 Å². The minimum atomic E-state index is -3.64. The fraction of sp³-hybridized carbons (Fsp3) is 0.381. The Morgan fingerprint density at radius 1 is 1.10 bits per heavy atom. The van der Waals surface area contributed by atoms with Crippen LogP contribution in [0.3, 0.4) is 0 Å². The normalized spacial score (nSPS) is 20.3. The number of sulfonamides is 1. The zero-order valence-electron chi connectivity index (χ0n) is 17.0. The number of ether oxygens (including phenoxy) is 2. The van der Waals surface area contributed by atoms with Gasteiger partial charge >= 0.3 is 0 Å². The minimum absolute atomic E-state index is 0.156. The third-order valence-electron chi connectivity index (χ3n) is 4.74. The van der Waals surface area contributed by atoms with Gasteiger partial charge in [0.1, 0.15) is 5.75 Å². The molecule has 29 heavy (non-hydrogen) atoms. The van der Waals surface area contributed by atoms with Crippen molar-refractivity contribution < 1.29 is 22.7 Å². The minimum Gasteiger partial charge on any atom is -0.495 e. The molecule has 1 saturated heterocycles. The van der Waals surface area contributed by atoms with Crippen LogP contribution >= 0.6 is 0 Å². The molecule has 156 valence electrons. The van der Waals surface area contributed by atoms with Crippen LogP contribution in [0, 0.1) is 6.92 Å². The van der Waals surface area contributed by atoms with Gasteiger partial charge in [-0.15, -0.1) is 0 Å². The SMILES string of the molecule is COc1ccc(C)cc1NC(=O)c1ccc(S(=O)(=O)N2C[C@H](C)O[C@@H](C)C2)cc1. The van der Waals surface area contributed by atoms with Gasteiger partial charge in [-0.2, -0.15) is 4.31 Å². The lowest BCUT2D eigenvalue weighted by Gasteiger charge is -2.34. The maximum atomic E-state index is 12.9. The van der Waals surface area contributed by atoms with Gasteiger partial charge in [0.2, 0.25) is 10.0 Å². The van der Waals surface area contributed by atoms with E-state index < -0.39 is 10.0 Å². The van der Waals surface area contributed by atoms with E-state index in [2.05, 4.69) is 5.32 Å². The van der Waals surface area contributed by atoms with Crippen LogP contribution in [0.5, 0.6) is 5.75 Å². The van der Waals surface area contributed by atoms with Crippen molar-refractivity contribution in [2.45, 2.75) is 37.9 Å². The molecular formula is C21H26N2O5S. The topological polar surface area (TPSA) is 84.9 Å². The van der Waals surface area contributed by atoms with Crippen molar-refractivity contribution in [2.24, 2.45) is 0 Å². The quantitative estimate of drug-likeness (QED) is 0.807. The smallest absolute Gasteiger partial charge is 0.255 e. The van der Waals surface area contributed by atoms with Crippen molar-refractivity contribution >= 4 is 21.6 Å². The molecule has 1 N–H and O–H groups in total. The van der Waals surface area contributed by atoms with Crippen molar-refractivity contribution in [3.8, 4) is 5.75 Å². The number of amides is 1. The van der Waals surface area contributed by atoms with Gasteiger partial charge in [-0.25, -0.2) is 8.42 Å². The summed E-state index contributed by atoms with van der Waals surface area (Å²) in [4.78, 5) is 12.8. The number of aryl methyl sites for hydroxylation is 1. The summed E-state index contributed by atoms with van der Waals surface area (Å²) < 4.78 is 38.2. The summed E-state index contributed by atoms with van der Waals surface area (Å²) >= 11 is 0. The molecule has 0 aromatic heterocycles. The summed E-state index contributed by atoms with van der Waals surface area (Å²) in [5.41, 5.74) is 1.90. The van der Waals surface area contributed by atoms with Gasteiger partial charge < -0.3 is 14.8 Å². The Morgan fingerprint density at radius 3 is 2.31 bits per heavy atom. The zero-order chi connectivity index (χ0) is 21.2. The van der Waals surface area contributed by atoms with E-state index in [4.69, 9.17) is 9.47 Å². The molecule has 1 aliphatic rings. The largest absolute Gasteiger partial charge is 0.495 e. The maximum Gasteiger partial charge on any atom is 0.255 e. The number of carbonyl (C=O) groups excluding carboxylic acids is 1. The second-order valence-corrected chi connectivity index (χ2v) is 9.20. The van der Waals surface area contributed by atoms with Gasteiger partial charge in [-0.3, -0.25) is 4.79 Å². The molecule has 0 saturated carbocycles. The van der Waals surface area contributed by atoms with Gasteiger partial charge in [-0.05, 0) is 62.7 Å². The van der Waals surface area contributed by atoms with Crippen LogP contribution in [0.2, 0.25) is 0 Å². The number of hydrogen-bond acceptors (Lipinski definition) is 5. The first-order chi connectivity index (χ1) is 13.7. The van der Waals surface area contributed by atoms with Crippen molar-refractivity contribution in [2.75, 3.05) is 25.5 Å². The van der Waals surface area contributed by atoms with E-state index >= 15 is 0 Å². The molecule has 8 heteroatoms. The Balaban J connectivity index is 1.78. The van der Waals surface area contributed by atoms with E-state index in [-0.39, 0.29) is 23.0 Å². The number of morpholine rings is 1. The number of rotatable bonds is 5. The summed E-state index contributed by atoms with van der Waals surface area (Å²) in [6.45, 7) is 6.24. The highest BCUT2D eigenvalue weighted by atomic mass is 32.2. The standard InChI is InChI=1S/C21H26N2O5S/c1-14-5-10-20(27-4)19(11-14)22-21(24)17-6-8-18(9-7-17)29(25,26)23-12-15(2)28-16(3)13-23/h5-11,15-16H,12-13H2,1-4H3,(H,22,24)/t15-,16-/m0/s1. The molecular weight excluding hydrogens is 392 g/mol. The molecule has 2 aromatic rings. The van der Waals surface area contributed by atoms with Crippen molar-refractivity contribution in [3.05, 3.63) is 53.6 Å². The van der Waals surface area contributed by atoms with Crippen molar-refractivity contribution in [3.63, 3.8) is 0 Å². The lowest BCUT2D eigenvalue weighted by Crippen LogP contribution is -2.48. The molecule has 0 radical (unpaired) electrons. The molecule has 2 aromatic carbocycles. The molecule has 1 heterocycles. The summed E-state index contributed by atoms with van der Waals surface area (Å²) in [5.74, 6) is 0.213. The lowest BCUT2D eigenvalue weighted by atomic mass is 10.1. The fourth-order valence-electron chi connectivity index (χ4n) is 3.37. The number of hydrogen-bond donors (Lipinski definition) is 1. The molecule has 2 atom stereocenters. The molecule has 1 aliphatic heterocycles. The first-order valence-corrected chi connectivity index (χ1v) is 10.9. The van der Waals surface area contributed by atoms with Crippen LogP contribution in [-0.2, 0) is 14.8 Å². The number of carbonyl (C=O) groups is 1. The zero-order valence-corrected chi connectivity index (χ0v) is 17.8. The van der Waals surface area contributed by atoms with E-state index in [1.807, 2.05) is 32.9 Å². The second kappa shape index (κ2) is 8.52. The molecule has 1 amide bonds. The van der Waals surface area contributed by atoms with E-state index in [0.29, 0.717) is 30.1 Å². The highest BCUT2D eigenvalue weighted by Gasteiger charge is 2.32. The number of benzene rings is 2. The van der Waals surface area contributed by atoms with Crippen LogP contribution in [0.1, 0.15) is 29.8 Å². The third kappa shape index (κ3) is 4.77. The van der Waals surface area contributed by atoms with Crippen LogP contribution in [-0.4, -0.2) is 51.0 Å². The number of methoxy groups -OCH3 is 1. The average Bonchev–Trinajstić information content (AvgIpc) is 2.67. The summed E-state index contributed by atoms with van der Waals surface area (Å²) in [5, 5.41) is 2.81. The summed E-state index contributed by atoms with van der Waals surface area (Å²) in [6, 6.07) is 11.4. The fourth-order valence-corrected chi connectivity index (χ4v) is 4.96. The molecule has 0 aliphatic carbocycles. The van der Waals surface area contributed by atoms with Gasteiger partial charge in [0.05, 0.1) is 29.9 Å². The lowest BCUT2D eigenvalue weighted by molar-refractivity contribution is -0.0440. The summed E-state index contributed by atoms with van der Waals surface area (Å²) in [7, 11) is -2.11. The Labute approximate surface area is 171 Å². The number of nitrogens with zero attached hydrogens (tertiary/aromatic N) is 1. The highest BCUT2D eigenvalue weighted by Crippen LogP contribution is 2.26. The van der Waals surface area contributed by atoms with Crippen LogP contribution in [0.15, 0.2) is 47.4 Å². The van der Waals surface area contributed by atoms with Gasteiger partial charge in [0.15, 0.2) is 0 Å². The molecule has 0 spiro atoms. The predicted octanol–water partition coefficient (Wildman–Crippen LogP) is 3.05. The van der Waals surface area contributed by atoms with Gasteiger partial charge in [-0.1, -0.05) is 6.07 Å². The van der Waals surface area contributed by atoms with Crippen LogP contribution < -0.4 is 10.1 Å². The van der Waals surface area contributed by atoms with E-state index in [9.17, 15) is 13.2 Å². The predicted molar refractivity (Wildman–Crippen MR) is 111 cm³/mol.